The van der Waals surface area contributed by atoms with Crippen molar-refractivity contribution >= 4 is 23.7 Å². The monoisotopic (exact) mass is 285 g/mol. The van der Waals surface area contributed by atoms with Gasteiger partial charge in [0.15, 0.2) is 0 Å². The highest BCUT2D eigenvalue weighted by Crippen LogP contribution is 2.24. The standard InChI is InChI=1S/C15H13N3OS.H2/c1-3-11(10-20-4-2)9-19-15-6-14(18)12(7-16)5-13(15)8-17;/h1,4-7,10,16H,2,9,18H2;1H/b11-10+,16-7?;. The minimum Gasteiger partial charge on any atom is -0.487 e. The molecule has 0 saturated heterocycles. The molecule has 0 unspecified atom stereocenters. The number of benzene rings is 1. The van der Waals surface area contributed by atoms with Crippen molar-refractivity contribution in [3.63, 3.8) is 0 Å². The van der Waals surface area contributed by atoms with Gasteiger partial charge in [0.25, 0.3) is 0 Å². The maximum Gasteiger partial charge on any atom is 0.139 e. The number of nitrogen functional groups attached to an aromatic ring is 1. The first kappa shape index (κ1) is 15.4. The van der Waals surface area contributed by atoms with Gasteiger partial charge in [0.05, 0.1) is 5.56 Å². The van der Waals surface area contributed by atoms with Gasteiger partial charge in [-0.2, -0.15) is 5.26 Å². The summed E-state index contributed by atoms with van der Waals surface area (Å²) in [5.41, 5.74) is 7.56. The highest BCUT2D eigenvalue weighted by atomic mass is 32.2. The summed E-state index contributed by atoms with van der Waals surface area (Å²) in [4.78, 5) is 0. The molecule has 5 heteroatoms. The summed E-state index contributed by atoms with van der Waals surface area (Å²) in [7, 11) is 0. The van der Waals surface area contributed by atoms with E-state index in [0.29, 0.717) is 28.1 Å². The van der Waals surface area contributed by atoms with Gasteiger partial charge < -0.3 is 15.9 Å². The van der Waals surface area contributed by atoms with Crippen molar-refractivity contribution in [2.45, 2.75) is 0 Å². The lowest BCUT2D eigenvalue weighted by Gasteiger charge is -2.10. The van der Waals surface area contributed by atoms with Crippen LogP contribution in [-0.2, 0) is 0 Å². The number of nitrogens with one attached hydrogen (secondary N) is 1. The average Bonchev–Trinajstić information content (AvgIpc) is 2.47. The molecule has 102 valence electrons. The van der Waals surface area contributed by atoms with Gasteiger partial charge in [-0.3, -0.25) is 0 Å². The summed E-state index contributed by atoms with van der Waals surface area (Å²) < 4.78 is 5.52. The smallest absolute Gasteiger partial charge is 0.139 e. The van der Waals surface area contributed by atoms with Gasteiger partial charge in [0.1, 0.15) is 18.4 Å². The van der Waals surface area contributed by atoms with Crippen molar-refractivity contribution in [3.05, 3.63) is 46.2 Å². The second kappa shape index (κ2) is 7.73. The van der Waals surface area contributed by atoms with E-state index in [4.69, 9.17) is 27.6 Å². The van der Waals surface area contributed by atoms with Gasteiger partial charge in [0.2, 0.25) is 0 Å². The topological polar surface area (TPSA) is 82.9 Å². The van der Waals surface area contributed by atoms with Crippen molar-refractivity contribution in [2.75, 3.05) is 12.3 Å². The van der Waals surface area contributed by atoms with Gasteiger partial charge in [-0.1, -0.05) is 12.5 Å². The summed E-state index contributed by atoms with van der Waals surface area (Å²) >= 11 is 1.35. The number of ether oxygens (including phenoxy) is 1. The zero-order chi connectivity index (χ0) is 15.0. The molecule has 0 radical (unpaired) electrons. The molecule has 3 N–H and O–H groups in total. The lowest BCUT2D eigenvalue weighted by molar-refractivity contribution is 0.356. The molecule has 0 aliphatic rings. The predicted octanol–water partition coefficient (Wildman–Crippen LogP) is 3.16. The summed E-state index contributed by atoms with van der Waals surface area (Å²) in [5, 5.41) is 19.7. The molecule has 1 aromatic rings. The first-order chi connectivity index (χ1) is 9.65. The van der Waals surface area contributed by atoms with Crippen LogP contribution in [0.3, 0.4) is 0 Å². The van der Waals surface area contributed by atoms with Crippen LogP contribution in [0.25, 0.3) is 0 Å². The van der Waals surface area contributed by atoms with Crippen molar-refractivity contribution in [1.82, 2.24) is 0 Å². The van der Waals surface area contributed by atoms with Crippen molar-refractivity contribution < 1.29 is 6.16 Å². The van der Waals surface area contributed by atoms with E-state index >= 15 is 0 Å². The number of nitriles is 1. The molecule has 0 saturated carbocycles. The van der Waals surface area contributed by atoms with Gasteiger partial charge in [-0.05, 0) is 16.9 Å². The molecule has 0 aliphatic carbocycles. The highest BCUT2D eigenvalue weighted by molar-refractivity contribution is 8.04. The molecule has 20 heavy (non-hydrogen) atoms. The molecule has 0 fully saturated rings. The molecule has 0 aromatic heterocycles. The molecule has 0 heterocycles. The Balaban J connectivity index is 0.00000400. The van der Waals surface area contributed by atoms with Gasteiger partial charge in [-0.15, -0.1) is 18.2 Å². The number of nitrogens with zero attached hydrogens (tertiary/aromatic N) is 1. The van der Waals surface area contributed by atoms with E-state index in [0.717, 1.165) is 6.21 Å². The fraction of sp³-hybridized carbons (Fsp3) is 0.0667. The molecular formula is C15H15N3OS. The van der Waals surface area contributed by atoms with Crippen molar-refractivity contribution in [3.8, 4) is 24.2 Å². The van der Waals surface area contributed by atoms with E-state index < -0.39 is 0 Å². The normalized spacial score (nSPS) is 10.2. The van der Waals surface area contributed by atoms with E-state index in [1.165, 1.54) is 23.9 Å². The Labute approximate surface area is 123 Å². The predicted molar refractivity (Wildman–Crippen MR) is 85.8 cm³/mol. The Morgan fingerprint density at radius 2 is 2.40 bits per heavy atom. The molecule has 1 rings (SSSR count). The third-order valence-electron chi connectivity index (χ3n) is 2.34. The van der Waals surface area contributed by atoms with E-state index in [1.54, 1.807) is 10.8 Å². The van der Waals surface area contributed by atoms with Crippen LogP contribution in [0.5, 0.6) is 5.75 Å². The van der Waals surface area contributed by atoms with Crippen LogP contribution in [0.1, 0.15) is 12.6 Å². The fourth-order valence-electron chi connectivity index (χ4n) is 1.34. The number of hydrogen-bond donors (Lipinski definition) is 2. The zero-order valence-electron chi connectivity index (χ0n) is 10.7. The van der Waals surface area contributed by atoms with Crippen LogP contribution in [0.15, 0.2) is 35.1 Å². The number of anilines is 1. The molecule has 0 amide bonds. The summed E-state index contributed by atoms with van der Waals surface area (Å²) in [6, 6.07) is 5.04. The molecule has 1 aromatic carbocycles. The van der Waals surface area contributed by atoms with Crippen molar-refractivity contribution in [2.24, 2.45) is 0 Å². The van der Waals surface area contributed by atoms with Crippen LogP contribution in [0.4, 0.5) is 5.69 Å². The average molecular weight is 285 g/mol. The van der Waals surface area contributed by atoms with Crippen LogP contribution in [-0.4, -0.2) is 12.8 Å². The third-order valence-corrected chi connectivity index (χ3v) is 2.95. The SMILES string of the molecule is C#C/C(=C\SC=C)COc1cc(N)c(C=N)cc1C#N.[HH]. The largest absolute Gasteiger partial charge is 0.487 e. The van der Waals surface area contributed by atoms with Crippen LogP contribution in [0.2, 0.25) is 0 Å². The summed E-state index contributed by atoms with van der Waals surface area (Å²) in [6.07, 6.45) is 6.45. The lowest BCUT2D eigenvalue weighted by atomic mass is 10.1. The number of hydrogen-bond acceptors (Lipinski definition) is 5. The Morgan fingerprint density at radius 1 is 1.65 bits per heavy atom. The number of nitrogens with two attached hydrogens (primary N) is 1. The third kappa shape index (κ3) is 3.94. The molecular weight excluding hydrogens is 270 g/mol. The molecule has 4 nitrogen and oxygen atoms in total. The van der Waals surface area contributed by atoms with Crippen molar-refractivity contribution in [1.29, 1.82) is 10.7 Å². The van der Waals surface area contributed by atoms with Crippen LogP contribution < -0.4 is 10.5 Å². The Kier molecular flexibility index (Phi) is 5.96. The van der Waals surface area contributed by atoms with Gasteiger partial charge >= 0.3 is 0 Å². The van der Waals surface area contributed by atoms with E-state index in [2.05, 4.69) is 12.5 Å². The molecule has 0 aliphatic heterocycles. The maximum absolute atomic E-state index is 9.07. The van der Waals surface area contributed by atoms with E-state index in [-0.39, 0.29) is 8.03 Å². The summed E-state index contributed by atoms with van der Waals surface area (Å²) in [5.74, 6) is 2.85. The number of thioether (sulfide) groups is 1. The van der Waals surface area contributed by atoms with Gasteiger partial charge in [-0.25, -0.2) is 0 Å². The highest BCUT2D eigenvalue weighted by Gasteiger charge is 2.08. The molecule has 0 spiro atoms. The summed E-state index contributed by atoms with van der Waals surface area (Å²) in [6.45, 7) is 3.73. The van der Waals surface area contributed by atoms with Gasteiger partial charge in [0, 0.05) is 30.5 Å². The Morgan fingerprint density at radius 3 is 2.95 bits per heavy atom. The second-order valence-electron chi connectivity index (χ2n) is 3.61. The van der Waals surface area contributed by atoms with E-state index in [1.807, 2.05) is 6.07 Å². The fourth-order valence-corrected chi connectivity index (χ4v) is 1.74. The molecule has 0 bridgehead atoms. The minimum atomic E-state index is 0. The molecule has 0 atom stereocenters. The quantitative estimate of drug-likeness (QED) is 0.478. The Bertz CT molecular complexity index is 642. The second-order valence-corrected chi connectivity index (χ2v) is 4.45. The Hall–Kier alpha value is -2.63. The number of terminal acetylenes is 1. The van der Waals surface area contributed by atoms with Crippen LogP contribution >= 0.6 is 11.8 Å². The first-order valence-corrected chi connectivity index (χ1v) is 6.49. The zero-order valence-corrected chi connectivity index (χ0v) is 11.5. The first-order valence-electron chi connectivity index (χ1n) is 5.55. The lowest BCUT2D eigenvalue weighted by Crippen LogP contribution is -2.03. The van der Waals surface area contributed by atoms with Crippen LogP contribution in [0, 0.1) is 29.1 Å². The maximum atomic E-state index is 9.07. The van der Waals surface area contributed by atoms with E-state index in [9.17, 15) is 0 Å². The number of rotatable bonds is 6. The minimum absolute atomic E-state index is 0.